The van der Waals surface area contributed by atoms with Crippen LogP contribution >= 0.6 is 11.3 Å². The quantitative estimate of drug-likeness (QED) is 0.450. The first-order valence-corrected chi connectivity index (χ1v) is 12.7. The lowest BCUT2D eigenvalue weighted by atomic mass is 9.99. The molecule has 3 aromatic rings. The number of benzene rings is 2. The van der Waals surface area contributed by atoms with E-state index in [1.807, 2.05) is 73.8 Å². The molecule has 1 N–H and O–H groups in total. The normalized spacial score (nSPS) is 14.6. The number of ether oxygens (including phenoxy) is 1. The Labute approximate surface area is 205 Å². The second kappa shape index (κ2) is 10.9. The van der Waals surface area contributed by atoms with Gasteiger partial charge in [0.05, 0.1) is 13.5 Å². The minimum Gasteiger partial charge on any atom is -0.497 e. The number of nitrogens with zero attached hydrogens (tertiary/aromatic N) is 1. The van der Waals surface area contributed by atoms with Crippen LogP contribution in [0.5, 0.6) is 5.75 Å². The lowest BCUT2D eigenvalue weighted by Crippen LogP contribution is -2.47. The minimum atomic E-state index is -0.802. The number of anilines is 1. The second-order valence-electron chi connectivity index (χ2n) is 8.91. The van der Waals surface area contributed by atoms with E-state index in [1.165, 1.54) is 0 Å². The van der Waals surface area contributed by atoms with Crippen molar-refractivity contribution in [3.8, 4) is 5.75 Å². The third kappa shape index (κ3) is 5.33. The summed E-state index contributed by atoms with van der Waals surface area (Å²) in [6.45, 7) is 4.04. The van der Waals surface area contributed by atoms with Gasteiger partial charge >= 0.3 is 0 Å². The van der Waals surface area contributed by atoms with Gasteiger partial charge in [-0.15, -0.1) is 11.3 Å². The summed E-state index contributed by atoms with van der Waals surface area (Å²) in [5.41, 5.74) is 3.56. The molecule has 0 spiro atoms. The fraction of sp³-hybridized carbons (Fsp3) is 0.357. The zero-order valence-electron chi connectivity index (χ0n) is 20.0. The number of carbonyl (C=O) groups excluding carboxylic acids is 2. The largest absolute Gasteiger partial charge is 0.497 e. The third-order valence-electron chi connectivity index (χ3n) is 6.63. The summed E-state index contributed by atoms with van der Waals surface area (Å²) < 4.78 is 5.46. The first kappa shape index (κ1) is 24.0. The highest BCUT2D eigenvalue weighted by Gasteiger charge is 2.35. The van der Waals surface area contributed by atoms with Crippen LogP contribution in [-0.2, 0) is 16.0 Å². The van der Waals surface area contributed by atoms with Crippen molar-refractivity contribution in [3.63, 3.8) is 0 Å². The number of methoxy groups -OCH3 is 1. The van der Waals surface area contributed by atoms with E-state index in [9.17, 15) is 9.59 Å². The van der Waals surface area contributed by atoms with Crippen molar-refractivity contribution in [2.75, 3.05) is 12.0 Å². The summed E-state index contributed by atoms with van der Waals surface area (Å²) in [6, 6.07) is 16.6. The topological polar surface area (TPSA) is 58.6 Å². The molecule has 1 atom stereocenters. The molecule has 2 aromatic carbocycles. The average Bonchev–Trinajstić information content (AvgIpc) is 3.54. The highest BCUT2D eigenvalue weighted by Crippen LogP contribution is 2.34. The van der Waals surface area contributed by atoms with Gasteiger partial charge in [0.2, 0.25) is 11.8 Å². The molecule has 6 heteroatoms. The van der Waals surface area contributed by atoms with Gasteiger partial charge in [0, 0.05) is 16.6 Å². The van der Waals surface area contributed by atoms with Gasteiger partial charge in [-0.3, -0.25) is 14.5 Å². The van der Waals surface area contributed by atoms with Crippen LogP contribution in [0.1, 0.15) is 53.3 Å². The molecule has 0 unspecified atom stereocenters. The molecule has 178 valence electrons. The van der Waals surface area contributed by atoms with Gasteiger partial charge < -0.3 is 10.1 Å². The van der Waals surface area contributed by atoms with Crippen molar-refractivity contribution >= 4 is 28.8 Å². The Morgan fingerprint density at radius 2 is 1.85 bits per heavy atom. The molecule has 1 aliphatic rings. The monoisotopic (exact) mass is 476 g/mol. The number of thiophene rings is 1. The van der Waals surface area contributed by atoms with Crippen LogP contribution in [-0.4, -0.2) is 25.0 Å². The molecule has 1 aromatic heterocycles. The molecule has 0 radical (unpaired) electrons. The number of nitrogens with one attached hydrogen (secondary N) is 1. The van der Waals surface area contributed by atoms with Crippen molar-refractivity contribution in [2.45, 2.75) is 58.0 Å². The molecule has 34 heavy (non-hydrogen) atoms. The molecular formula is C28H32N2O3S. The number of hydrogen-bond donors (Lipinski definition) is 1. The van der Waals surface area contributed by atoms with Crippen LogP contribution in [0.25, 0.3) is 0 Å². The van der Waals surface area contributed by atoms with Gasteiger partial charge in [-0.25, -0.2) is 0 Å². The predicted octanol–water partition coefficient (Wildman–Crippen LogP) is 5.75. The molecule has 0 saturated heterocycles. The fourth-order valence-corrected chi connectivity index (χ4v) is 5.34. The molecule has 1 aliphatic carbocycles. The number of amides is 2. The summed E-state index contributed by atoms with van der Waals surface area (Å²) in [4.78, 5) is 30.4. The van der Waals surface area contributed by atoms with E-state index in [2.05, 4.69) is 5.32 Å². The Balaban J connectivity index is 1.82. The number of aryl methyl sites for hydroxylation is 1. The summed E-state index contributed by atoms with van der Waals surface area (Å²) >= 11 is 1.55. The van der Waals surface area contributed by atoms with Gasteiger partial charge in [-0.2, -0.15) is 0 Å². The first-order chi connectivity index (χ1) is 16.5. The predicted molar refractivity (Wildman–Crippen MR) is 138 cm³/mol. The van der Waals surface area contributed by atoms with Gasteiger partial charge in [0.1, 0.15) is 11.8 Å². The molecule has 5 nitrogen and oxygen atoms in total. The molecule has 1 heterocycles. The Hall–Kier alpha value is -3.12. The van der Waals surface area contributed by atoms with Crippen LogP contribution in [0.4, 0.5) is 5.69 Å². The standard InChI is InChI=1S/C28H32N2O3S/c1-19-9-6-15-25(20(19)2)30(26(31)18-24-14-8-16-34-24)27(21-10-7-13-23(17-21)33-3)28(32)29-22-11-4-5-12-22/h6-10,13-17,22,27H,4-5,11-12,18H2,1-3H3,(H,29,32)/t27-/m0/s1. The fourth-order valence-electron chi connectivity index (χ4n) is 4.64. The lowest BCUT2D eigenvalue weighted by molar-refractivity contribution is -0.127. The Kier molecular flexibility index (Phi) is 7.68. The van der Waals surface area contributed by atoms with Crippen molar-refractivity contribution in [1.29, 1.82) is 0 Å². The molecule has 0 aliphatic heterocycles. The number of hydrogen-bond acceptors (Lipinski definition) is 4. The highest BCUT2D eigenvalue weighted by atomic mass is 32.1. The summed E-state index contributed by atoms with van der Waals surface area (Å²) in [5, 5.41) is 5.21. The Morgan fingerprint density at radius 1 is 1.09 bits per heavy atom. The average molecular weight is 477 g/mol. The van der Waals surface area contributed by atoms with Crippen molar-refractivity contribution in [2.24, 2.45) is 0 Å². The molecule has 1 fully saturated rings. The zero-order chi connectivity index (χ0) is 24.1. The van der Waals surface area contributed by atoms with Crippen molar-refractivity contribution < 1.29 is 14.3 Å². The van der Waals surface area contributed by atoms with E-state index in [4.69, 9.17) is 4.74 Å². The third-order valence-corrected chi connectivity index (χ3v) is 7.50. The maximum Gasteiger partial charge on any atom is 0.248 e. The smallest absolute Gasteiger partial charge is 0.248 e. The van der Waals surface area contributed by atoms with Crippen molar-refractivity contribution in [1.82, 2.24) is 5.32 Å². The maximum absolute atomic E-state index is 13.9. The van der Waals surface area contributed by atoms with Crippen LogP contribution in [0, 0.1) is 13.8 Å². The summed E-state index contributed by atoms with van der Waals surface area (Å²) in [6.07, 6.45) is 4.42. The van der Waals surface area contributed by atoms with Gasteiger partial charge in [-0.1, -0.05) is 43.2 Å². The number of rotatable bonds is 8. The maximum atomic E-state index is 13.9. The van der Waals surface area contributed by atoms with E-state index in [0.717, 1.165) is 52.9 Å². The number of carbonyl (C=O) groups is 2. The summed E-state index contributed by atoms with van der Waals surface area (Å²) in [7, 11) is 1.61. The Bertz CT molecular complexity index is 1140. The molecular weight excluding hydrogens is 444 g/mol. The van der Waals surface area contributed by atoms with E-state index in [1.54, 1.807) is 23.3 Å². The van der Waals surface area contributed by atoms with E-state index >= 15 is 0 Å². The van der Waals surface area contributed by atoms with Gasteiger partial charge in [-0.05, 0) is 73.0 Å². The van der Waals surface area contributed by atoms with Crippen LogP contribution in [0.2, 0.25) is 0 Å². The molecule has 1 saturated carbocycles. The SMILES string of the molecule is COc1cccc([C@@H](C(=O)NC2CCCC2)N(C(=O)Cc2cccs2)c2cccc(C)c2C)c1. The minimum absolute atomic E-state index is 0.106. The zero-order valence-corrected chi connectivity index (χ0v) is 20.9. The molecule has 0 bridgehead atoms. The van der Waals surface area contributed by atoms with E-state index in [0.29, 0.717) is 5.75 Å². The van der Waals surface area contributed by atoms with Crippen molar-refractivity contribution in [3.05, 3.63) is 81.5 Å². The molecule has 2 amide bonds. The van der Waals surface area contributed by atoms with Crippen LogP contribution < -0.4 is 15.0 Å². The first-order valence-electron chi connectivity index (χ1n) is 11.8. The molecule has 4 rings (SSSR count). The highest BCUT2D eigenvalue weighted by molar-refractivity contribution is 7.10. The van der Waals surface area contributed by atoms with Gasteiger partial charge in [0.15, 0.2) is 0 Å². The summed E-state index contributed by atoms with van der Waals surface area (Å²) in [5.74, 6) is 0.397. The van der Waals surface area contributed by atoms with Crippen LogP contribution in [0.3, 0.4) is 0 Å². The Morgan fingerprint density at radius 3 is 2.56 bits per heavy atom. The van der Waals surface area contributed by atoms with E-state index in [-0.39, 0.29) is 24.3 Å². The van der Waals surface area contributed by atoms with Crippen LogP contribution in [0.15, 0.2) is 60.0 Å². The lowest BCUT2D eigenvalue weighted by Gasteiger charge is -2.34. The second-order valence-corrected chi connectivity index (χ2v) is 9.94. The van der Waals surface area contributed by atoms with Gasteiger partial charge in [0.25, 0.3) is 0 Å². The van der Waals surface area contributed by atoms with E-state index < -0.39 is 6.04 Å².